The van der Waals surface area contributed by atoms with Gasteiger partial charge in [0.15, 0.2) is 0 Å². The summed E-state index contributed by atoms with van der Waals surface area (Å²) in [5, 5.41) is 0. The quantitative estimate of drug-likeness (QED) is 0.0213. The van der Waals surface area contributed by atoms with Gasteiger partial charge in [-0.15, -0.1) is 0 Å². The van der Waals surface area contributed by atoms with Crippen molar-refractivity contribution in [2.24, 2.45) is 0 Å². The molecule has 0 aromatic heterocycles. The fourth-order valence-electron chi connectivity index (χ4n) is 8.16. The molecule has 0 aromatic rings. The maximum absolute atomic E-state index is 12.8. The zero-order chi connectivity index (χ0) is 51.9. The molecule has 0 bridgehead atoms. The topological polar surface area (TPSA) is 91.3 Å². The molecule has 0 aromatic carbocycles. The first-order valence-electron chi connectivity index (χ1n) is 29.7. The Bertz CT molecular complexity index is 1370. The smallest absolute Gasteiger partial charge is 0.457 e. The molecule has 0 heterocycles. The van der Waals surface area contributed by atoms with Crippen molar-refractivity contribution in [3.8, 4) is 0 Å². The monoisotopic (exact) mass is 1020 g/mol. The van der Waals surface area contributed by atoms with Crippen LogP contribution >= 0.6 is 7.82 Å². The van der Waals surface area contributed by atoms with Gasteiger partial charge in [0.05, 0.1) is 34.4 Å². The number of carbonyl (C=O) groups is 1. The lowest BCUT2D eigenvalue weighted by Crippen LogP contribution is -2.37. The summed E-state index contributed by atoms with van der Waals surface area (Å²) in [6, 6.07) is 0. The summed E-state index contributed by atoms with van der Waals surface area (Å²) in [7, 11) is 1.66. The van der Waals surface area contributed by atoms with Gasteiger partial charge < -0.3 is 18.9 Å². The lowest BCUT2D eigenvalue weighted by Gasteiger charge is -2.24. The van der Waals surface area contributed by atoms with Crippen LogP contribution in [0.25, 0.3) is 0 Å². The highest BCUT2D eigenvalue weighted by Gasteiger charge is 2.26. The summed E-state index contributed by atoms with van der Waals surface area (Å²) in [5.74, 6) is -0.321. The van der Waals surface area contributed by atoms with Gasteiger partial charge in [0.1, 0.15) is 19.3 Å². The number of rotatable bonds is 55. The van der Waals surface area contributed by atoms with Crippen molar-refractivity contribution in [2.45, 2.75) is 264 Å². The molecule has 0 radical (unpaired) electrons. The molecule has 0 aliphatic rings. The highest BCUT2D eigenvalue weighted by atomic mass is 31.2. The number of ether oxygens (including phenoxy) is 2. The zero-order valence-electron chi connectivity index (χ0n) is 47.2. The first-order valence-corrected chi connectivity index (χ1v) is 31.2. The number of unbranched alkanes of at least 4 members (excludes halogenated alkanes) is 29. The Morgan fingerprint density at radius 3 is 1.15 bits per heavy atom. The Hall–Kier alpha value is -2.06. The zero-order valence-corrected chi connectivity index (χ0v) is 48.1. The van der Waals surface area contributed by atoms with Crippen molar-refractivity contribution in [1.82, 2.24) is 0 Å². The summed E-state index contributed by atoms with van der Waals surface area (Å²) in [6.07, 6.45) is 72.5. The van der Waals surface area contributed by atoms with Gasteiger partial charge in [-0.05, 0) is 89.9 Å². The van der Waals surface area contributed by atoms with Crippen molar-refractivity contribution in [1.29, 1.82) is 0 Å². The minimum Gasteiger partial charge on any atom is -0.457 e. The fraction of sp³-hybridized carbons (Fsp3) is 0.790. The molecular weight excluding hydrogens is 902 g/mol. The molecule has 0 aliphatic heterocycles. The van der Waals surface area contributed by atoms with Crippen molar-refractivity contribution in [3.05, 3.63) is 72.9 Å². The Kier molecular flexibility index (Phi) is 52.6. The third kappa shape index (κ3) is 58.7. The Morgan fingerprint density at radius 2 is 0.775 bits per heavy atom. The van der Waals surface area contributed by atoms with Gasteiger partial charge in [-0.25, -0.2) is 4.57 Å². The second kappa shape index (κ2) is 54.2. The molecule has 71 heavy (non-hydrogen) atoms. The molecule has 0 aliphatic carbocycles. The number of quaternary nitrogens is 1. The number of phosphoric ester groups is 1. The first kappa shape index (κ1) is 68.9. The van der Waals surface area contributed by atoms with Crippen LogP contribution in [0.4, 0.5) is 0 Å². The molecule has 0 amide bonds. The largest absolute Gasteiger partial charge is 0.472 e. The summed E-state index contributed by atoms with van der Waals surface area (Å²) in [4.78, 5) is 23.1. The maximum Gasteiger partial charge on any atom is 0.472 e. The molecule has 0 saturated carbocycles. The van der Waals surface area contributed by atoms with Crippen LogP contribution in [0.15, 0.2) is 72.9 Å². The molecule has 1 N–H and O–H groups in total. The fourth-order valence-corrected chi connectivity index (χ4v) is 8.90. The predicted octanol–water partition coefficient (Wildman–Crippen LogP) is 19.0. The van der Waals surface area contributed by atoms with Gasteiger partial charge in [0, 0.05) is 13.0 Å². The highest BCUT2D eigenvalue weighted by molar-refractivity contribution is 7.47. The summed E-state index contributed by atoms with van der Waals surface area (Å²) in [5.41, 5.74) is 0. The normalized spacial score (nSPS) is 13.9. The summed E-state index contributed by atoms with van der Waals surface area (Å²) >= 11 is 0. The second-order valence-electron chi connectivity index (χ2n) is 21.0. The Morgan fingerprint density at radius 1 is 0.437 bits per heavy atom. The summed E-state index contributed by atoms with van der Waals surface area (Å²) in [6.45, 7) is 5.60. The van der Waals surface area contributed by atoms with E-state index in [1.165, 1.54) is 173 Å². The van der Waals surface area contributed by atoms with Crippen molar-refractivity contribution >= 4 is 13.8 Å². The van der Waals surface area contributed by atoms with Crippen LogP contribution in [0.5, 0.6) is 0 Å². The minimum atomic E-state index is -4.29. The molecule has 0 fully saturated rings. The van der Waals surface area contributed by atoms with E-state index in [9.17, 15) is 14.3 Å². The second-order valence-corrected chi connectivity index (χ2v) is 22.5. The number of nitrogens with zero attached hydrogens (tertiary/aromatic N) is 1. The third-order valence-electron chi connectivity index (χ3n) is 12.7. The Labute approximate surface area is 440 Å². The minimum absolute atomic E-state index is 0.0837. The molecule has 2 unspecified atom stereocenters. The van der Waals surface area contributed by atoms with E-state index in [0.29, 0.717) is 24.1 Å². The van der Waals surface area contributed by atoms with E-state index in [2.05, 4.69) is 86.8 Å². The molecule has 0 saturated heterocycles. The van der Waals surface area contributed by atoms with Gasteiger partial charge in [-0.3, -0.25) is 13.8 Å². The molecule has 0 spiro atoms. The van der Waals surface area contributed by atoms with Crippen LogP contribution in [-0.4, -0.2) is 75.6 Å². The van der Waals surface area contributed by atoms with Crippen LogP contribution in [-0.2, 0) is 27.9 Å². The van der Waals surface area contributed by atoms with Gasteiger partial charge in [-0.2, -0.15) is 0 Å². The number of carbonyl (C=O) groups excluding carboxylic acids is 1. The Balaban J connectivity index is 4.10. The van der Waals surface area contributed by atoms with E-state index in [1.54, 1.807) is 0 Å². The lowest BCUT2D eigenvalue weighted by molar-refractivity contribution is -0.870. The van der Waals surface area contributed by atoms with Gasteiger partial charge >= 0.3 is 13.8 Å². The van der Waals surface area contributed by atoms with Crippen LogP contribution in [0, 0.1) is 0 Å². The molecule has 414 valence electrons. The molecule has 9 heteroatoms. The molecule has 0 rings (SSSR count). The summed E-state index contributed by atoms with van der Waals surface area (Å²) < 4.78 is 35.3. The van der Waals surface area contributed by atoms with E-state index in [-0.39, 0.29) is 25.8 Å². The predicted molar refractivity (Wildman–Crippen MR) is 307 cm³/mol. The number of hydrogen-bond acceptors (Lipinski definition) is 6. The van der Waals surface area contributed by atoms with E-state index in [4.69, 9.17) is 18.5 Å². The number of hydrogen-bond donors (Lipinski definition) is 1. The molecule has 8 nitrogen and oxygen atoms in total. The number of allylic oxidation sites excluding steroid dienone is 12. The van der Waals surface area contributed by atoms with Gasteiger partial charge in [-0.1, -0.05) is 234 Å². The van der Waals surface area contributed by atoms with E-state index >= 15 is 0 Å². The van der Waals surface area contributed by atoms with E-state index in [0.717, 1.165) is 64.2 Å². The molecule has 2 atom stereocenters. The van der Waals surface area contributed by atoms with E-state index < -0.39 is 13.9 Å². The van der Waals surface area contributed by atoms with Crippen LogP contribution in [0.2, 0.25) is 0 Å². The van der Waals surface area contributed by atoms with E-state index in [1.807, 2.05) is 21.1 Å². The number of likely N-dealkylation sites (N-methyl/N-ethyl adjacent to an activating group) is 1. The highest BCUT2D eigenvalue weighted by Crippen LogP contribution is 2.43. The third-order valence-corrected chi connectivity index (χ3v) is 13.7. The molecular formula is C62H115NO7P+. The van der Waals surface area contributed by atoms with Crippen molar-refractivity contribution < 1.29 is 37.3 Å². The van der Waals surface area contributed by atoms with Crippen molar-refractivity contribution in [3.63, 3.8) is 0 Å². The van der Waals surface area contributed by atoms with Crippen LogP contribution in [0.1, 0.15) is 258 Å². The van der Waals surface area contributed by atoms with Gasteiger partial charge in [0.25, 0.3) is 0 Å². The van der Waals surface area contributed by atoms with Crippen molar-refractivity contribution in [2.75, 3.05) is 54.1 Å². The number of phosphoric acid groups is 1. The SMILES string of the molecule is CCCCCCC/C=C\C/C=C\C/C=C\CCCCCCCCCCCCCOCC(COP(=O)(O)OCC[N+](C)(C)C)OC(=O)CCCCCCCCCC/C=C\C/C=C\C/C=C\CCCCCCC. The lowest BCUT2D eigenvalue weighted by atomic mass is 10.1. The standard InChI is InChI=1S/C62H114NO7P/c1-6-8-10-12-14-16-18-20-22-24-26-28-30-31-32-34-36-38-40-42-44-46-48-50-52-54-57-67-59-61(60-69-71(65,66)68-58-56-63(3,4)5)70-62(64)55-53-51-49-47-45-43-41-39-37-35-33-29-27-25-23-21-19-17-15-13-11-9-7-2/h18-21,24-27,30-31,33,35,61H,6-17,22-23,28-29,32,34,36-60H2,1-5H3/p+1/b20-18-,21-19-,26-24-,27-25-,31-30-,35-33-. The average Bonchev–Trinajstić information content (AvgIpc) is 3.33. The first-order chi connectivity index (χ1) is 34.6. The van der Waals surface area contributed by atoms with Crippen LogP contribution in [0.3, 0.4) is 0 Å². The van der Waals surface area contributed by atoms with Gasteiger partial charge in [0.2, 0.25) is 0 Å². The maximum atomic E-state index is 12.8. The number of esters is 1. The van der Waals surface area contributed by atoms with Crippen LogP contribution < -0.4 is 0 Å². The average molecular weight is 1020 g/mol.